The van der Waals surface area contributed by atoms with E-state index in [-0.39, 0.29) is 39.4 Å². The van der Waals surface area contributed by atoms with Crippen LogP contribution in [-0.2, 0) is 13.6 Å². The number of allylic oxidation sites excluding steroid dienone is 1. The molecule has 0 N–H and O–H groups in total. The molecule has 0 aromatic heterocycles. The predicted molar refractivity (Wildman–Crippen MR) is 156 cm³/mol. The maximum absolute atomic E-state index is 12.9. The summed E-state index contributed by atoms with van der Waals surface area (Å²) in [6.07, 6.45) is 10.9. The van der Waals surface area contributed by atoms with Gasteiger partial charge in [0.15, 0.2) is 22.4 Å². The summed E-state index contributed by atoms with van der Waals surface area (Å²) in [4.78, 5) is 12.9. The van der Waals surface area contributed by atoms with E-state index in [1.54, 1.807) is 0 Å². The van der Waals surface area contributed by atoms with Gasteiger partial charge in [0.05, 0.1) is 11.7 Å². The minimum absolute atomic E-state index is 0.0851. The Morgan fingerprint density at radius 1 is 1.00 bits per heavy atom. The number of carbonyl (C=O) groups excluding carboxylic acids is 1. The fourth-order valence-corrected chi connectivity index (χ4v) is 8.38. The smallest absolute Gasteiger partial charge is 0.192 e. The Balaban J connectivity index is 2.28. The van der Waals surface area contributed by atoms with Crippen molar-refractivity contribution in [1.82, 2.24) is 0 Å². The van der Waals surface area contributed by atoms with E-state index in [0.717, 1.165) is 31.3 Å². The van der Waals surface area contributed by atoms with E-state index in [9.17, 15) is 4.79 Å². The fraction of sp³-hybridized carbons (Fsp3) is 0.833. The van der Waals surface area contributed by atoms with Crippen LogP contribution in [0.15, 0.2) is 24.3 Å². The molecule has 0 spiro atoms. The van der Waals surface area contributed by atoms with Crippen LogP contribution in [0.1, 0.15) is 93.9 Å². The van der Waals surface area contributed by atoms with Gasteiger partial charge in [-0.05, 0) is 80.4 Å². The van der Waals surface area contributed by atoms with Crippen LogP contribution in [0, 0.1) is 17.8 Å². The number of rotatable bonds is 10. The first-order valence-electron chi connectivity index (χ1n) is 14.0. The lowest BCUT2D eigenvalue weighted by atomic mass is 9.89. The van der Waals surface area contributed by atoms with Crippen LogP contribution in [0.4, 0.5) is 0 Å². The maximum Gasteiger partial charge on any atom is 0.192 e. The Morgan fingerprint density at radius 2 is 1.57 bits per heavy atom. The number of hydrogen-bond donors (Lipinski definition) is 0. The minimum atomic E-state index is -1.93. The summed E-state index contributed by atoms with van der Waals surface area (Å²) < 4.78 is 14.0. The first-order chi connectivity index (χ1) is 15.7. The van der Waals surface area contributed by atoms with Gasteiger partial charge in [-0.15, -0.1) is 0 Å². The average molecular weight is 521 g/mol. The summed E-state index contributed by atoms with van der Waals surface area (Å²) >= 11 is 0. The van der Waals surface area contributed by atoms with Gasteiger partial charge in [0.25, 0.3) is 0 Å². The molecule has 2 fully saturated rings. The first-order valence-corrected chi connectivity index (χ1v) is 19.8. The van der Waals surface area contributed by atoms with E-state index in [1.807, 2.05) is 0 Å². The first kappa shape index (κ1) is 30.7. The second kappa shape index (κ2) is 10.7. The van der Waals surface area contributed by atoms with E-state index in [1.165, 1.54) is 12.8 Å². The van der Waals surface area contributed by atoms with Crippen LogP contribution in [-0.4, -0.2) is 34.1 Å². The number of carbonyl (C=O) groups is 1. The minimum Gasteiger partial charge on any atom is -0.413 e. The molecule has 2 aliphatic carbocycles. The highest BCUT2D eigenvalue weighted by molar-refractivity contribution is 6.74. The molecular formula is C30H56O3Si2. The van der Waals surface area contributed by atoms with E-state index < -0.39 is 16.6 Å². The van der Waals surface area contributed by atoms with Gasteiger partial charge >= 0.3 is 0 Å². The van der Waals surface area contributed by atoms with Gasteiger partial charge < -0.3 is 8.85 Å². The topological polar surface area (TPSA) is 35.5 Å². The van der Waals surface area contributed by atoms with E-state index in [2.05, 4.69) is 100 Å². The molecule has 0 bridgehead atoms. The van der Waals surface area contributed by atoms with Crippen molar-refractivity contribution in [2.75, 3.05) is 0 Å². The molecule has 0 amide bonds. The predicted octanol–water partition coefficient (Wildman–Crippen LogP) is 9.08. The largest absolute Gasteiger partial charge is 0.413 e. The number of unbranched alkanes of at least 4 members (excludes halogenated alkanes) is 1. The van der Waals surface area contributed by atoms with Gasteiger partial charge in [0.2, 0.25) is 0 Å². The van der Waals surface area contributed by atoms with Crippen LogP contribution in [0.3, 0.4) is 0 Å². The standard InChI is InChI=1S/C30H56O3Si2/c1-14-15-18-30(9,33-35(12,13)29(6,7)8)19-16-17-23-24-20-22(2)27(31)25(24)21-26(23)32-34(10,11)28(3,4)5/h16-17,23-26H,2,14-15,18-21H2,1,3-13H3/b17-16+/t23-,24-,25-,26+,30?/m0/s1. The fourth-order valence-electron chi connectivity index (χ4n) is 5.29. The zero-order valence-corrected chi connectivity index (χ0v) is 27.1. The molecule has 2 rings (SSSR count). The quantitative estimate of drug-likeness (QED) is 0.164. The number of fused-ring (bicyclic) bond motifs is 1. The Morgan fingerprint density at radius 3 is 2.09 bits per heavy atom. The van der Waals surface area contributed by atoms with Gasteiger partial charge in [0, 0.05) is 11.8 Å². The molecule has 2 aliphatic rings. The molecule has 0 radical (unpaired) electrons. The van der Waals surface area contributed by atoms with E-state index in [4.69, 9.17) is 8.85 Å². The summed E-state index contributed by atoms with van der Waals surface area (Å²) in [6.45, 7) is 31.9. The molecule has 0 aliphatic heterocycles. The van der Waals surface area contributed by atoms with Crippen molar-refractivity contribution >= 4 is 22.4 Å². The molecule has 0 heterocycles. The maximum atomic E-state index is 12.9. The highest BCUT2D eigenvalue weighted by atomic mass is 28.4. The van der Waals surface area contributed by atoms with Gasteiger partial charge in [-0.2, -0.15) is 0 Å². The molecule has 5 heteroatoms. The summed E-state index contributed by atoms with van der Waals surface area (Å²) in [7, 11) is -3.82. The van der Waals surface area contributed by atoms with Crippen LogP contribution in [0.25, 0.3) is 0 Å². The molecule has 2 saturated carbocycles. The molecule has 5 atom stereocenters. The van der Waals surface area contributed by atoms with Crippen LogP contribution in [0.2, 0.25) is 36.3 Å². The Bertz CT molecular complexity index is 799. The summed E-state index contributed by atoms with van der Waals surface area (Å²) in [5, 5.41) is 0.345. The van der Waals surface area contributed by atoms with Crippen molar-refractivity contribution in [2.24, 2.45) is 17.8 Å². The molecule has 35 heavy (non-hydrogen) atoms. The highest BCUT2D eigenvalue weighted by Crippen LogP contribution is 2.51. The Labute approximate surface area is 219 Å². The third-order valence-corrected chi connectivity index (χ3v) is 18.7. The zero-order valence-electron chi connectivity index (χ0n) is 25.1. The second-order valence-corrected chi connectivity index (χ2v) is 24.2. The monoisotopic (exact) mass is 520 g/mol. The number of hydrogen-bond acceptors (Lipinski definition) is 3. The second-order valence-electron chi connectivity index (χ2n) is 14.7. The molecule has 0 aromatic rings. The van der Waals surface area contributed by atoms with Gasteiger partial charge in [-0.3, -0.25) is 4.79 Å². The Hall–Kier alpha value is -0.496. The third kappa shape index (κ3) is 7.09. The average Bonchev–Trinajstić information content (AvgIpc) is 3.13. The molecule has 0 aromatic carbocycles. The summed E-state index contributed by atoms with van der Waals surface area (Å²) in [6, 6.07) is 0. The molecule has 1 unspecified atom stereocenters. The normalized spacial score (nSPS) is 28.1. The van der Waals surface area contributed by atoms with E-state index >= 15 is 0 Å². The molecule has 202 valence electrons. The third-order valence-electron chi connectivity index (χ3n) is 9.62. The van der Waals surface area contributed by atoms with Gasteiger partial charge in [-0.1, -0.05) is 80.0 Å². The Kier molecular flexibility index (Phi) is 9.40. The summed E-state index contributed by atoms with van der Waals surface area (Å²) in [5.41, 5.74) is 0.663. The van der Waals surface area contributed by atoms with Crippen molar-refractivity contribution in [3.8, 4) is 0 Å². The SMILES string of the molecule is C=C1C[C@H]2[C@H](/C=C/CC(C)(CCCC)O[Si](C)(C)C(C)(C)C)[C@H](O[Si](C)(C)C(C)(C)C)C[C@@H]2C1=O. The van der Waals surface area contributed by atoms with Crippen LogP contribution in [0.5, 0.6) is 0 Å². The van der Waals surface area contributed by atoms with Crippen molar-refractivity contribution in [3.63, 3.8) is 0 Å². The molecule has 0 saturated heterocycles. The van der Waals surface area contributed by atoms with Crippen molar-refractivity contribution in [1.29, 1.82) is 0 Å². The van der Waals surface area contributed by atoms with Crippen molar-refractivity contribution < 1.29 is 13.6 Å². The lowest BCUT2D eigenvalue weighted by molar-refractivity contribution is -0.118. The number of Topliss-reactive ketones (excluding diaryl/α,β-unsaturated/α-hetero) is 1. The van der Waals surface area contributed by atoms with Crippen molar-refractivity contribution in [2.45, 2.75) is 142 Å². The highest BCUT2D eigenvalue weighted by Gasteiger charge is 2.53. The molecular weight excluding hydrogens is 464 g/mol. The number of ketones is 1. The van der Waals surface area contributed by atoms with Gasteiger partial charge in [-0.25, -0.2) is 0 Å². The van der Waals surface area contributed by atoms with E-state index in [0.29, 0.717) is 5.92 Å². The van der Waals surface area contributed by atoms with Crippen LogP contribution >= 0.6 is 0 Å². The lowest BCUT2D eigenvalue weighted by Gasteiger charge is -2.44. The summed E-state index contributed by atoms with van der Waals surface area (Å²) in [5.74, 6) is 0.982. The molecule has 3 nitrogen and oxygen atoms in total. The van der Waals surface area contributed by atoms with Gasteiger partial charge in [0.1, 0.15) is 0 Å². The van der Waals surface area contributed by atoms with Crippen molar-refractivity contribution in [3.05, 3.63) is 24.3 Å². The van der Waals surface area contributed by atoms with Crippen LogP contribution < -0.4 is 0 Å². The lowest BCUT2D eigenvalue weighted by Crippen LogP contribution is -2.48. The zero-order chi connectivity index (χ0) is 27.0.